The van der Waals surface area contributed by atoms with Gasteiger partial charge in [-0.15, -0.1) is 0 Å². The summed E-state index contributed by atoms with van der Waals surface area (Å²) >= 11 is 0. The van der Waals surface area contributed by atoms with Crippen molar-refractivity contribution in [1.29, 1.82) is 0 Å². The molecule has 0 aromatic heterocycles. The summed E-state index contributed by atoms with van der Waals surface area (Å²) in [5, 5.41) is 0. The molecule has 0 aliphatic carbocycles. The van der Waals surface area contributed by atoms with Crippen LogP contribution in [0.25, 0.3) is 0 Å². The van der Waals surface area contributed by atoms with E-state index < -0.39 is 0 Å². The number of piperidine rings is 1. The van der Waals surface area contributed by atoms with Gasteiger partial charge in [0.15, 0.2) is 0 Å². The van der Waals surface area contributed by atoms with Crippen molar-refractivity contribution in [3.05, 3.63) is 0 Å². The number of likely N-dealkylation sites (tertiary alicyclic amines) is 1. The third-order valence-electron chi connectivity index (χ3n) is 3.39. The van der Waals surface area contributed by atoms with E-state index in [2.05, 4.69) is 39.6 Å². The molecule has 0 unspecified atom stereocenters. The minimum Gasteiger partial charge on any atom is -0.296 e. The smallest absolute Gasteiger partial charge is 0.0155 e. The average Bonchev–Trinajstić information content (AvgIpc) is 2.04. The van der Waals surface area contributed by atoms with Crippen molar-refractivity contribution in [2.75, 3.05) is 7.05 Å². The van der Waals surface area contributed by atoms with Crippen LogP contribution < -0.4 is 0 Å². The van der Waals surface area contributed by atoms with Gasteiger partial charge >= 0.3 is 0 Å². The highest BCUT2D eigenvalue weighted by Crippen LogP contribution is 2.36. The average molecular weight is 185 g/mol. The van der Waals surface area contributed by atoms with E-state index >= 15 is 0 Å². The van der Waals surface area contributed by atoms with Crippen LogP contribution in [-0.4, -0.2) is 23.0 Å². The predicted molar refractivity (Wildman–Crippen MR) is 61.1 cm³/mol. The Morgan fingerprint density at radius 2 is 1.15 bits per heavy atom. The first kappa shape index (κ1) is 13.0. The van der Waals surface area contributed by atoms with Gasteiger partial charge in [-0.3, -0.25) is 4.90 Å². The van der Waals surface area contributed by atoms with Gasteiger partial charge in [0.25, 0.3) is 0 Å². The first-order valence-corrected chi connectivity index (χ1v) is 5.60. The van der Waals surface area contributed by atoms with E-state index in [1.807, 2.05) is 13.8 Å². The van der Waals surface area contributed by atoms with E-state index in [-0.39, 0.29) is 0 Å². The lowest BCUT2D eigenvalue weighted by Crippen LogP contribution is -2.56. The standard InChI is InChI=1S/C10H21N.C2H6/c1-9(2)7-6-8-10(3,4)11(9)5;1-2/h6-8H2,1-5H3;1-2H3. The van der Waals surface area contributed by atoms with Crippen LogP contribution in [0.3, 0.4) is 0 Å². The second kappa shape index (κ2) is 4.45. The molecule has 0 aromatic rings. The fraction of sp³-hybridized carbons (Fsp3) is 1.00. The van der Waals surface area contributed by atoms with Crippen molar-refractivity contribution in [3.63, 3.8) is 0 Å². The molecule has 1 heteroatoms. The Bertz CT molecular complexity index is 131. The Labute approximate surface area is 84.5 Å². The molecular weight excluding hydrogens is 158 g/mol. The van der Waals surface area contributed by atoms with Crippen LogP contribution in [0.5, 0.6) is 0 Å². The maximum absolute atomic E-state index is 2.52. The molecule has 1 rings (SSSR count). The quantitative estimate of drug-likeness (QED) is 0.556. The van der Waals surface area contributed by atoms with Gasteiger partial charge in [0.05, 0.1) is 0 Å². The lowest BCUT2D eigenvalue weighted by Gasteiger charge is -2.50. The predicted octanol–water partition coefficient (Wildman–Crippen LogP) is 3.69. The highest BCUT2D eigenvalue weighted by atomic mass is 15.2. The van der Waals surface area contributed by atoms with Gasteiger partial charge in [-0.1, -0.05) is 13.8 Å². The molecule has 1 heterocycles. The second-order valence-corrected chi connectivity index (χ2v) is 5.04. The van der Waals surface area contributed by atoms with Crippen LogP contribution in [0.1, 0.15) is 60.8 Å². The largest absolute Gasteiger partial charge is 0.296 e. The van der Waals surface area contributed by atoms with Gasteiger partial charge in [-0.05, 0) is 54.0 Å². The summed E-state index contributed by atoms with van der Waals surface area (Å²) in [7, 11) is 2.25. The van der Waals surface area contributed by atoms with E-state index in [0.717, 1.165) is 0 Å². The summed E-state index contributed by atoms with van der Waals surface area (Å²) < 4.78 is 0. The molecule has 1 aliphatic rings. The highest BCUT2D eigenvalue weighted by molar-refractivity contribution is 4.94. The van der Waals surface area contributed by atoms with Crippen LogP contribution in [-0.2, 0) is 0 Å². The summed E-state index contributed by atoms with van der Waals surface area (Å²) in [6, 6.07) is 0. The summed E-state index contributed by atoms with van der Waals surface area (Å²) in [5.74, 6) is 0. The van der Waals surface area contributed by atoms with Crippen molar-refractivity contribution in [2.24, 2.45) is 0 Å². The molecule has 80 valence electrons. The normalized spacial score (nSPS) is 26.1. The summed E-state index contributed by atoms with van der Waals surface area (Å²) in [6.07, 6.45) is 4.06. The fourth-order valence-corrected chi connectivity index (χ4v) is 2.11. The van der Waals surface area contributed by atoms with Gasteiger partial charge < -0.3 is 0 Å². The summed E-state index contributed by atoms with van der Waals surface area (Å²) in [5.41, 5.74) is 0.809. The van der Waals surface area contributed by atoms with Crippen molar-refractivity contribution >= 4 is 0 Å². The Hall–Kier alpha value is -0.0400. The van der Waals surface area contributed by atoms with Gasteiger partial charge in [0, 0.05) is 11.1 Å². The number of rotatable bonds is 0. The molecule has 0 saturated carbocycles. The molecule has 1 aliphatic heterocycles. The third kappa shape index (κ3) is 2.98. The van der Waals surface area contributed by atoms with Crippen molar-refractivity contribution in [3.8, 4) is 0 Å². The number of hydrogen-bond donors (Lipinski definition) is 0. The molecule has 0 N–H and O–H groups in total. The van der Waals surface area contributed by atoms with Gasteiger partial charge in [0.1, 0.15) is 0 Å². The van der Waals surface area contributed by atoms with Crippen LogP contribution in [0, 0.1) is 0 Å². The third-order valence-corrected chi connectivity index (χ3v) is 3.39. The topological polar surface area (TPSA) is 3.24 Å². The second-order valence-electron chi connectivity index (χ2n) is 5.04. The number of nitrogens with zero attached hydrogens (tertiary/aromatic N) is 1. The molecule has 0 spiro atoms. The molecule has 13 heavy (non-hydrogen) atoms. The first-order chi connectivity index (χ1) is 5.86. The highest BCUT2D eigenvalue weighted by Gasteiger charge is 2.37. The zero-order chi connectivity index (χ0) is 10.7. The monoisotopic (exact) mass is 185 g/mol. The van der Waals surface area contributed by atoms with E-state index in [4.69, 9.17) is 0 Å². The fourth-order valence-electron chi connectivity index (χ4n) is 2.11. The minimum atomic E-state index is 0.405. The maximum Gasteiger partial charge on any atom is 0.0155 e. The molecule has 0 bridgehead atoms. The Kier molecular flexibility index (Phi) is 4.44. The first-order valence-electron chi connectivity index (χ1n) is 5.60. The van der Waals surface area contributed by atoms with Crippen molar-refractivity contribution in [1.82, 2.24) is 4.90 Å². The molecule has 0 amide bonds. The van der Waals surface area contributed by atoms with Crippen LogP contribution in [0.4, 0.5) is 0 Å². The molecule has 0 atom stereocenters. The van der Waals surface area contributed by atoms with Gasteiger partial charge in [-0.2, -0.15) is 0 Å². The zero-order valence-electron chi connectivity index (χ0n) is 10.6. The van der Waals surface area contributed by atoms with Crippen LogP contribution in [0.15, 0.2) is 0 Å². The lowest BCUT2D eigenvalue weighted by molar-refractivity contribution is -0.00199. The lowest BCUT2D eigenvalue weighted by atomic mass is 9.80. The zero-order valence-corrected chi connectivity index (χ0v) is 10.6. The SMILES string of the molecule is CC.CN1C(C)(C)CCCC1(C)C. The summed E-state index contributed by atoms with van der Waals surface area (Å²) in [6.45, 7) is 13.4. The van der Waals surface area contributed by atoms with Crippen molar-refractivity contribution < 1.29 is 0 Å². The van der Waals surface area contributed by atoms with E-state index in [9.17, 15) is 0 Å². The molecule has 0 aromatic carbocycles. The number of hydrogen-bond acceptors (Lipinski definition) is 1. The minimum absolute atomic E-state index is 0.405. The molecule has 1 fully saturated rings. The van der Waals surface area contributed by atoms with Crippen LogP contribution >= 0.6 is 0 Å². The van der Waals surface area contributed by atoms with Crippen LogP contribution in [0.2, 0.25) is 0 Å². The van der Waals surface area contributed by atoms with Crippen molar-refractivity contribution in [2.45, 2.75) is 71.9 Å². The Balaban J connectivity index is 0.000000671. The molecule has 1 nitrogen and oxygen atoms in total. The summed E-state index contributed by atoms with van der Waals surface area (Å²) in [4.78, 5) is 2.52. The van der Waals surface area contributed by atoms with E-state index in [0.29, 0.717) is 11.1 Å². The maximum atomic E-state index is 2.52. The Morgan fingerprint density at radius 1 is 0.846 bits per heavy atom. The Morgan fingerprint density at radius 3 is 1.38 bits per heavy atom. The van der Waals surface area contributed by atoms with E-state index in [1.54, 1.807) is 0 Å². The molecule has 0 radical (unpaired) electrons. The van der Waals surface area contributed by atoms with E-state index in [1.165, 1.54) is 19.3 Å². The molecule has 1 saturated heterocycles. The van der Waals surface area contributed by atoms with Gasteiger partial charge in [0.2, 0.25) is 0 Å². The molecular formula is C12H27N. The van der Waals surface area contributed by atoms with Gasteiger partial charge in [-0.25, -0.2) is 0 Å².